The lowest BCUT2D eigenvalue weighted by molar-refractivity contribution is 0.0601. The van der Waals surface area contributed by atoms with Gasteiger partial charge in [-0.05, 0) is 61.3 Å². The standard InChI is InChI=1S/C20H24N2O2S/c1-5-17(16-9-7-6-8-13(16)2)21-20(25)22-18-12-15(19(23)24-4)11-10-14(18)3/h6-12,17H,5H2,1-4H3,(H2,21,22,25)/t17-/m1/s1. The normalized spacial score (nSPS) is 11.5. The molecule has 132 valence electrons. The predicted octanol–water partition coefficient (Wildman–Crippen LogP) is 4.53. The fourth-order valence-electron chi connectivity index (χ4n) is 2.70. The molecule has 4 nitrogen and oxygen atoms in total. The first-order valence-corrected chi connectivity index (χ1v) is 8.69. The van der Waals surface area contributed by atoms with Gasteiger partial charge in [-0.3, -0.25) is 0 Å². The molecular weight excluding hydrogens is 332 g/mol. The van der Waals surface area contributed by atoms with E-state index >= 15 is 0 Å². The zero-order chi connectivity index (χ0) is 18.4. The van der Waals surface area contributed by atoms with Gasteiger partial charge in [-0.25, -0.2) is 4.79 Å². The lowest BCUT2D eigenvalue weighted by atomic mass is 9.99. The second-order valence-corrected chi connectivity index (χ2v) is 6.35. The molecule has 0 bridgehead atoms. The zero-order valence-electron chi connectivity index (χ0n) is 15.1. The van der Waals surface area contributed by atoms with Crippen molar-refractivity contribution in [2.75, 3.05) is 12.4 Å². The van der Waals surface area contributed by atoms with E-state index in [1.807, 2.05) is 25.1 Å². The smallest absolute Gasteiger partial charge is 0.337 e. The van der Waals surface area contributed by atoms with Gasteiger partial charge in [-0.15, -0.1) is 0 Å². The summed E-state index contributed by atoms with van der Waals surface area (Å²) >= 11 is 5.48. The highest BCUT2D eigenvalue weighted by molar-refractivity contribution is 7.80. The van der Waals surface area contributed by atoms with Gasteiger partial charge in [0, 0.05) is 5.69 Å². The monoisotopic (exact) mass is 356 g/mol. The topological polar surface area (TPSA) is 50.4 Å². The minimum Gasteiger partial charge on any atom is -0.465 e. The average Bonchev–Trinajstić information content (AvgIpc) is 2.61. The average molecular weight is 356 g/mol. The van der Waals surface area contributed by atoms with Gasteiger partial charge < -0.3 is 15.4 Å². The molecule has 0 aliphatic heterocycles. The van der Waals surface area contributed by atoms with Crippen LogP contribution in [0.5, 0.6) is 0 Å². The molecule has 5 heteroatoms. The van der Waals surface area contributed by atoms with Crippen LogP contribution in [0.4, 0.5) is 5.69 Å². The van der Waals surface area contributed by atoms with Crippen LogP contribution < -0.4 is 10.6 Å². The molecular formula is C20H24N2O2S. The van der Waals surface area contributed by atoms with Crippen molar-refractivity contribution >= 4 is 29.0 Å². The van der Waals surface area contributed by atoms with Gasteiger partial charge in [-0.1, -0.05) is 37.3 Å². The molecule has 0 aromatic heterocycles. The minimum atomic E-state index is -0.367. The number of esters is 1. The number of carbonyl (C=O) groups is 1. The fraction of sp³-hybridized carbons (Fsp3) is 0.300. The highest BCUT2D eigenvalue weighted by atomic mass is 32.1. The van der Waals surface area contributed by atoms with Crippen LogP contribution in [0.15, 0.2) is 42.5 Å². The van der Waals surface area contributed by atoms with Crippen LogP contribution in [0, 0.1) is 13.8 Å². The number of rotatable bonds is 5. The number of ether oxygens (including phenoxy) is 1. The molecule has 0 amide bonds. The maximum absolute atomic E-state index is 11.7. The van der Waals surface area contributed by atoms with E-state index in [4.69, 9.17) is 17.0 Å². The molecule has 0 saturated heterocycles. The van der Waals surface area contributed by atoms with Crippen molar-refractivity contribution in [1.82, 2.24) is 5.32 Å². The minimum absolute atomic E-state index is 0.130. The summed E-state index contributed by atoms with van der Waals surface area (Å²) in [6.07, 6.45) is 0.911. The van der Waals surface area contributed by atoms with E-state index in [-0.39, 0.29) is 12.0 Å². The Morgan fingerprint density at radius 3 is 2.52 bits per heavy atom. The predicted molar refractivity (Wildman–Crippen MR) is 106 cm³/mol. The second-order valence-electron chi connectivity index (χ2n) is 5.94. The van der Waals surface area contributed by atoms with Crippen LogP contribution in [0.2, 0.25) is 0 Å². The Labute approximate surface area is 154 Å². The maximum atomic E-state index is 11.7. The van der Waals surface area contributed by atoms with Crippen LogP contribution in [-0.4, -0.2) is 18.2 Å². The molecule has 0 heterocycles. The molecule has 0 aliphatic rings. The third-order valence-electron chi connectivity index (χ3n) is 4.18. The first-order chi connectivity index (χ1) is 12.0. The molecule has 2 rings (SSSR count). The highest BCUT2D eigenvalue weighted by Crippen LogP contribution is 2.21. The second kappa shape index (κ2) is 8.62. The van der Waals surface area contributed by atoms with Crippen molar-refractivity contribution in [1.29, 1.82) is 0 Å². The fourth-order valence-corrected chi connectivity index (χ4v) is 2.95. The molecule has 0 fully saturated rings. The summed E-state index contributed by atoms with van der Waals surface area (Å²) in [5, 5.41) is 7.09. The molecule has 0 spiro atoms. The first kappa shape index (κ1) is 18.9. The van der Waals surface area contributed by atoms with Crippen molar-refractivity contribution in [2.45, 2.75) is 33.2 Å². The van der Waals surface area contributed by atoms with Gasteiger partial charge in [0.15, 0.2) is 5.11 Å². The Hall–Kier alpha value is -2.40. The molecule has 25 heavy (non-hydrogen) atoms. The van der Waals surface area contributed by atoms with Crippen molar-refractivity contribution in [3.05, 3.63) is 64.7 Å². The number of anilines is 1. The summed E-state index contributed by atoms with van der Waals surface area (Å²) in [7, 11) is 1.37. The number of nitrogens with one attached hydrogen (secondary N) is 2. The number of carbonyl (C=O) groups excluding carboxylic acids is 1. The number of benzene rings is 2. The van der Waals surface area contributed by atoms with Gasteiger partial charge in [0.25, 0.3) is 0 Å². The van der Waals surface area contributed by atoms with E-state index < -0.39 is 0 Å². The van der Waals surface area contributed by atoms with Gasteiger partial charge in [0.2, 0.25) is 0 Å². The van der Waals surface area contributed by atoms with Gasteiger partial charge >= 0.3 is 5.97 Å². The first-order valence-electron chi connectivity index (χ1n) is 8.28. The Morgan fingerprint density at radius 1 is 1.16 bits per heavy atom. The molecule has 2 N–H and O–H groups in total. The van der Waals surface area contributed by atoms with Crippen LogP contribution >= 0.6 is 12.2 Å². The van der Waals surface area contributed by atoms with E-state index in [0.29, 0.717) is 10.7 Å². The third-order valence-corrected chi connectivity index (χ3v) is 4.40. The van der Waals surface area contributed by atoms with E-state index in [2.05, 4.69) is 36.6 Å². The summed E-state index contributed by atoms with van der Waals surface area (Å²) in [5.41, 5.74) is 4.74. The quantitative estimate of drug-likeness (QED) is 0.609. The zero-order valence-corrected chi connectivity index (χ0v) is 15.9. The molecule has 0 radical (unpaired) electrons. The molecule has 0 saturated carbocycles. The summed E-state index contributed by atoms with van der Waals surface area (Å²) in [4.78, 5) is 11.7. The van der Waals surface area contributed by atoms with E-state index in [1.54, 1.807) is 12.1 Å². The van der Waals surface area contributed by atoms with E-state index in [9.17, 15) is 4.79 Å². The largest absolute Gasteiger partial charge is 0.465 e. The number of hydrogen-bond acceptors (Lipinski definition) is 3. The molecule has 0 aliphatic carbocycles. The SMILES string of the molecule is CC[C@@H](NC(=S)Nc1cc(C(=O)OC)ccc1C)c1ccccc1C. The van der Waals surface area contributed by atoms with Gasteiger partial charge in [-0.2, -0.15) is 0 Å². The molecule has 2 aromatic carbocycles. The number of thiocarbonyl (C=S) groups is 1. The van der Waals surface area contributed by atoms with Crippen LogP contribution in [0.3, 0.4) is 0 Å². The van der Waals surface area contributed by atoms with Crippen LogP contribution in [-0.2, 0) is 4.74 Å². The number of hydrogen-bond donors (Lipinski definition) is 2. The molecule has 0 unspecified atom stereocenters. The van der Waals surface area contributed by atoms with E-state index in [1.165, 1.54) is 18.2 Å². The Kier molecular flexibility index (Phi) is 6.53. The molecule has 1 atom stereocenters. The van der Waals surface area contributed by atoms with Crippen molar-refractivity contribution in [3.63, 3.8) is 0 Å². The Morgan fingerprint density at radius 2 is 1.88 bits per heavy atom. The maximum Gasteiger partial charge on any atom is 0.337 e. The lowest BCUT2D eigenvalue weighted by Gasteiger charge is -2.22. The van der Waals surface area contributed by atoms with Crippen LogP contribution in [0.25, 0.3) is 0 Å². The summed E-state index contributed by atoms with van der Waals surface area (Å²) in [6, 6.07) is 13.8. The van der Waals surface area contributed by atoms with E-state index in [0.717, 1.165) is 17.7 Å². The van der Waals surface area contributed by atoms with Gasteiger partial charge in [0.1, 0.15) is 0 Å². The van der Waals surface area contributed by atoms with Gasteiger partial charge in [0.05, 0.1) is 18.7 Å². The Balaban J connectivity index is 2.14. The summed E-state index contributed by atoms with van der Waals surface area (Å²) in [6.45, 7) is 6.18. The third kappa shape index (κ3) is 4.79. The lowest BCUT2D eigenvalue weighted by Crippen LogP contribution is -2.32. The Bertz CT molecular complexity index is 774. The number of methoxy groups -OCH3 is 1. The molecule has 2 aromatic rings. The highest BCUT2D eigenvalue weighted by Gasteiger charge is 2.14. The van der Waals surface area contributed by atoms with Crippen LogP contribution in [0.1, 0.15) is 46.4 Å². The van der Waals surface area contributed by atoms with Crippen molar-refractivity contribution in [3.8, 4) is 0 Å². The number of aryl methyl sites for hydroxylation is 2. The summed E-state index contributed by atoms with van der Waals surface area (Å²) < 4.78 is 4.77. The van der Waals surface area contributed by atoms with Crippen molar-refractivity contribution in [2.24, 2.45) is 0 Å². The summed E-state index contributed by atoms with van der Waals surface area (Å²) in [5.74, 6) is -0.367. The van der Waals surface area contributed by atoms with Crippen molar-refractivity contribution < 1.29 is 9.53 Å².